The van der Waals surface area contributed by atoms with Crippen molar-refractivity contribution in [3.05, 3.63) is 84.9 Å². The molecule has 0 aromatic heterocycles. The first-order valence-corrected chi connectivity index (χ1v) is 9.47. The second kappa shape index (κ2) is 8.06. The molecule has 126 valence electrons. The van der Waals surface area contributed by atoms with Crippen LogP contribution in [0.25, 0.3) is 0 Å². The molecule has 2 N–H and O–H groups in total. The lowest BCUT2D eigenvalue weighted by molar-refractivity contribution is -0.135. The third-order valence-corrected chi connectivity index (χ3v) is 6.20. The highest BCUT2D eigenvalue weighted by Crippen LogP contribution is 2.36. The van der Waals surface area contributed by atoms with E-state index in [1.807, 2.05) is 60.7 Å². The Hall–Kier alpha value is -2.48. The predicted octanol–water partition coefficient (Wildman–Crippen LogP) is 2.70. The first-order chi connectivity index (χ1) is 12.2. The van der Waals surface area contributed by atoms with Crippen molar-refractivity contribution < 1.29 is 9.53 Å². The van der Waals surface area contributed by atoms with E-state index >= 15 is 0 Å². The Kier molecular flexibility index (Phi) is 5.60. The van der Waals surface area contributed by atoms with E-state index in [-0.39, 0.29) is 0 Å². The maximum atomic E-state index is 12.0. The zero-order valence-electron chi connectivity index (χ0n) is 14.0. The van der Waals surface area contributed by atoms with Gasteiger partial charge >= 0.3 is 5.97 Å². The summed E-state index contributed by atoms with van der Waals surface area (Å²) in [6.07, 6.45) is 0. The van der Waals surface area contributed by atoms with E-state index in [9.17, 15) is 4.79 Å². The first-order valence-electron chi connectivity index (χ1n) is 8.13. The zero-order valence-corrected chi connectivity index (χ0v) is 14.9. The van der Waals surface area contributed by atoms with E-state index in [1.165, 1.54) is 10.6 Å². The minimum absolute atomic E-state index is 0.427. The monoisotopic (exact) mass is 349 g/mol. The van der Waals surface area contributed by atoms with Crippen molar-refractivity contribution >= 4 is 29.8 Å². The number of esters is 1. The summed E-state index contributed by atoms with van der Waals surface area (Å²) >= 11 is 0. The molecule has 0 spiro atoms. The van der Waals surface area contributed by atoms with Gasteiger partial charge in [0.25, 0.3) is 0 Å². The van der Waals surface area contributed by atoms with Crippen molar-refractivity contribution in [3.8, 4) is 5.75 Å². The van der Waals surface area contributed by atoms with Crippen molar-refractivity contribution in [1.29, 1.82) is 0 Å². The van der Waals surface area contributed by atoms with Gasteiger partial charge in [0, 0.05) is 5.30 Å². The summed E-state index contributed by atoms with van der Waals surface area (Å²) in [6.45, 7) is 1.63. The van der Waals surface area contributed by atoms with Crippen LogP contribution in [0.4, 0.5) is 0 Å². The molecule has 3 aromatic rings. The van der Waals surface area contributed by atoms with Crippen LogP contribution in [-0.4, -0.2) is 12.0 Å². The van der Waals surface area contributed by atoms with E-state index in [4.69, 9.17) is 10.5 Å². The van der Waals surface area contributed by atoms with Crippen LogP contribution < -0.4 is 26.4 Å². The number of ether oxygens (including phenoxy) is 1. The topological polar surface area (TPSA) is 52.3 Å². The van der Waals surface area contributed by atoms with E-state index < -0.39 is 19.9 Å². The number of carbonyl (C=O) groups excluding carboxylic acids is 1. The van der Waals surface area contributed by atoms with Crippen molar-refractivity contribution in [2.75, 3.05) is 0 Å². The second-order valence-corrected chi connectivity index (χ2v) is 7.87. The molecule has 0 saturated heterocycles. The lowest BCUT2D eigenvalue weighted by atomic mass is 10.3. The molecule has 0 radical (unpaired) electrons. The third-order valence-electron chi connectivity index (χ3n) is 3.72. The summed E-state index contributed by atoms with van der Waals surface area (Å²) in [6, 6.07) is 27.6. The predicted molar refractivity (Wildman–Crippen MR) is 104 cm³/mol. The number of para-hydroxylation sites is 1. The molecule has 0 heterocycles. The Morgan fingerprint density at radius 2 is 1.32 bits per heavy atom. The van der Waals surface area contributed by atoms with Gasteiger partial charge in [-0.25, -0.2) is 4.79 Å². The van der Waals surface area contributed by atoms with Crippen LogP contribution in [0.3, 0.4) is 0 Å². The van der Waals surface area contributed by atoms with Gasteiger partial charge in [-0.05, 0) is 31.5 Å². The SMILES string of the molecule is C[C@H](N)C(=O)Oc1ccccc1P(c1ccccc1)c1ccccc1. The van der Waals surface area contributed by atoms with Crippen LogP contribution in [0, 0.1) is 0 Å². The molecular weight excluding hydrogens is 329 g/mol. The van der Waals surface area contributed by atoms with Crippen molar-refractivity contribution in [3.63, 3.8) is 0 Å². The molecule has 25 heavy (non-hydrogen) atoms. The van der Waals surface area contributed by atoms with Gasteiger partial charge in [-0.2, -0.15) is 0 Å². The average molecular weight is 349 g/mol. The van der Waals surface area contributed by atoms with Gasteiger partial charge in [0.1, 0.15) is 11.8 Å². The highest BCUT2D eigenvalue weighted by atomic mass is 31.1. The van der Waals surface area contributed by atoms with E-state index in [2.05, 4.69) is 24.3 Å². The highest BCUT2D eigenvalue weighted by Gasteiger charge is 2.22. The van der Waals surface area contributed by atoms with Crippen LogP contribution in [-0.2, 0) is 4.79 Å². The Bertz CT molecular complexity index is 795. The summed E-state index contributed by atoms with van der Waals surface area (Å²) in [4.78, 5) is 12.0. The first kappa shape index (κ1) is 17.3. The molecule has 0 aliphatic rings. The van der Waals surface area contributed by atoms with Gasteiger partial charge in [0.2, 0.25) is 0 Å². The van der Waals surface area contributed by atoms with Crippen molar-refractivity contribution in [2.45, 2.75) is 13.0 Å². The largest absolute Gasteiger partial charge is 0.425 e. The lowest BCUT2D eigenvalue weighted by Crippen LogP contribution is -2.32. The quantitative estimate of drug-likeness (QED) is 0.438. The van der Waals surface area contributed by atoms with Gasteiger partial charge in [-0.15, -0.1) is 0 Å². The third kappa shape index (κ3) is 4.14. The van der Waals surface area contributed by atoms with Gasteiger partial charge in [0.05, 0.1) is 0 Å². The molecular formula is C21H20NO2P. The molecule has 3 aromatic carbocycles. The fourth-order valence-corrected chi connectivity index (χ4v) is 4.88. The fraction of sp³-hybridized carbons (Fsp3) is 0.0952. The minimum Gasteiger partial charge on any atom is -0.425 e. The van der Waals surface area contributed by atoms with Crippen LogP contribution in [0.15, 0.2) is 84.9 Å². The molecule has 0 bridgehead atoms. The Labute approximate surface area is 149 Å². The molecule has 3 nitrogen and oxygen atoms in total. The fourth-order valence-electron chi connectivity index (χ4n) is 2.51. The van der Waals surface area contributed by atoms with Crippen LogP contribution in [0.2, 0.25) is 0 Å². The number of carbonyl (C=O) groups is 1. The smallest absolute Gasteiger partial charge is 0.328 e. The summed E-state index contributed by atoms with van der Waals surface area (Å²) < 4.78 is 5.58. The number of hydrogen-bond donors (Lipinski definition) is 1. The zero-order chi connectivity index (χ0) is 17.6. The summed E-state index contributed by atoms with van der Waals surface area (Å²) in [5.41, 5.74) is 5.66. The van der Waals surface area contributed by atoms with E-state index in [0.29, 0.717) is 5.75 Å². The standard InChI is InChI=1S/C21H20NO2P/c1-16(22)21(23)24-19-14-8-9-15-20(19)25(17-10-4-2-5-11-17)18-12-6-3-7-13-18/h2-16H,22H2,1H3/t16-/m0/s1. The number of nitrogens with two attached hydrogens (primary N) is 1. The van der Waals surface area contributed by atoms with Gasteiger partial charge in [-0.3, -0.25) is 0 Å². The molecule has 0 saturated carbocycles. The highest BCUT2D eigenvalue weighted by molar-refractivity contribution is 7.80. The Morgan fingerprint density at radius 3 is 1.84 bits per heavy atom. The number of hydrogen-bond acceptors (Lipinski definition) is 3. The number of benzene rings is 3. The molecule has 0 aliphatic carbocycles. The van der Waals surface area contributed by atoms with E-state index in [0.717, 1.165) is 5.30 Å². The van der Waals surface area contributed by atoms with Crippen LogP contribution in [0.5, 0.6) is 5.75 Å². The molecule has 4 heteroatoms. The average Bonchev–Trinajstić information content (AvgIpc) is 2.65. The maximum Gasteiger partial charge on any atom is 0.328 e. The molecule has 1 atom stereocenters. The maximum absolute atomic E-state index is 12.0. The second-order valence-electron chi connectivity index (χ2n) is 5.68. The summed E-state index contributed by atoms with van der Waals surface area (Å²) in [7, 11) is -0.835. The van der Waals surface area contributed by atoms with E-state index in [1.54, 1.807) is 6.92 Å². The van der Waals surface area contributed by atoms with Crippen molar-refractivity contribution in [2.24, 2.45) is 5.73 Å². The van der Waals surface area contributed by atoms with Gasteiger partial charge in [0.15, 0.2) is 0 Å². The lowest BCUT2D eigenvalue weighted by Gasteiger charge is -2.22. The van der Waals surface area contributed by atoms with Gasteiger partial charge < -0.3 is 10.5 Å². The molecule has 0 aliphatic heterocycles. The molecule has 0 fully saturated rings. The Morgan fingerprint density at radius 1 is 0.840 bits per heavy atom. The van der Waals surface area contributed by atoms with Crippen molar-refractivity contribution in [1.82, 2.24) is 0 Å². The normalized spacial score (nSPS) is 12.0. The summed E-state index contributed by atoms with van der Waals surface area (Å²) in [5.74, 6) is 0.146. The molecule has 3 rings (SSSR count). The van der Waals surface area contributed by atoms with Crippen LogP contribution in [0.1, 0.15) is 6.92 Å². The van der Waals surface area contributed by atoms with Gasteiger partial charge in [-0.1, -0.05) is 78.9 Å². The Balaban J connectivity index is 2.10. The minimum atomic E-state index is -0.835. The molecule has 0 unspecified atom stereocenters. The molecule has 0 amide bonds. The summed E-state index contributed by atoms with van der Waals surface area (Å²) in [5, 5.41) is 3.41. The number of rotatable bonds is 5. The van der Waals surface area contributed by atoms with Crippen LogP contribution >= 0.6 is 7.92 Å².